The standard InChI is InChI=1S/C16H21NO3/c18-15(19-13-14-4-2-1-3-5-14)12-17-9-6-16(7-10-17)8-11-20-16/h1-5H,6-13H2. The number of piperidine rings is 1. The first-order valence-corrected chi connectivity index (χ1v) is 7.32. The lowest BCUT2D eigenvalue weighted by Crippen LogP contribution is -2.53. The summed E-state index contributed by atoms with van der Waals surface area (Å²) in [4.78, 5) is 14.0. The van der Waals surface area contributed by atoms with Gasteiger partial charge in [0, 0.05) is 13.1 Å². The van der Waals surface area contributed by atoms with E-state index in [4.69, 9.17) is 9.47 Å². The van der Waals surface area contributed by atoms with Gasteiger partial charge in [-0.2, -0.15) is 0 Å². The third-order valence-electron chi connectivity index (χ3n) is 4.33. The molecule has 1 spiro atoms. The van der Waals surface area contributed by atoms with Crippen LogP contribution in [0.2, 0.25) is 0 Å². The molecular formula is C16H21NO3. The highest BCUT2D eigenvalue weighted by molar-refractivity contribution is 5.71. The van der Waals surface area contributed by atoms with Crippen molar-refractivity contribution in [1.82, 2.24) is 4.90 Å². The van der Waals surface area contributed by atoms with Crippen LogP contribution in [0.4, 0.5) is 0 Å². The second-order valence-electron chi connectivity index (χ2n) is 5.70. The Bertz CT molecular complexity index is 446. The lowest BCUT2D eigenvalue weighted by molar-refractivity contribution is -0.175. The van der Waals surface area contributed by atoms with Gasteiger partial charge in [0.1, 0.15) is 6.61 Å². The zero-order valence-corrected chi connectivity index (χ0v) is 11.7. The molecule has 0 aromatic heterocycles. The second kappa shape index (κ2) is 5.94. The minimum atomic E-state index is -0.140. The lowest BCUT2D eigenvalue weighted by atomic mass is 9.84. The Morgan fingerprint density at radius 1 is 1.20 bits per heavy atom. The minimum Gasteiger partial charge on any atom is -0.460 e. The van der Waals surface area contributed by atoms with Crippen LogP contribution in [0.1, 0.15) is 24.8 Å². The Morgan fingerprint density at radius 2 is 1.90 bits per heavy atom. The van der Waals surface area contributed by atoms with E-state index in [1.54, 1.807) is 0 Å². The Kier molecular flexibility index (Phi) is 4.03. The SMILES string of the molecule is O=C(CN1CCC2(CCO2)CC1)OCc1ccccc1. The van der Waals surface area contributed by atoms with E-state index in [1.165, 1.54) is 6.42 Å². The molecule has 0 amide bonds. The summed E-state index contributed by atoms with van der Waals surface area (Å²) < 4.78 is 11.0. The molecule has 0 bridgehead atoms. The zero-order chi connectivity index (χ0) is 13.8. The summed E-state index contributed by atoms with van der Waals surface area (Å²) in [7, 11) is 0. The fourth-order valence-corrected chi connectivity index (χ4v) is 2.87. The normalized spacial score (nSPS) is 21.4. The summed E-state index contributed by atoms with van der Waals surface area (Å²) in [6.45, 7) is 3.52. The third kappa shape index (κ3) is 3.19. The van der Waals surface area contributed by atoms with Crippen molar-refractivity contribution in [2.24, 2.45) is 0 Å². The highest BCUT2D eigenvalue weighted by atomic mass is 16.5. The fraction of sp³-hybridized carbons (Fsp3) is 0.562. The molecule has 108 valence electrons. The molecule has 2 aliphatic heterocycles. The van der Waals surface area contributed by atoms with Gasteiger partial charge < -0.3 is 9.47 Å². The fourth-order valence-electron chi connectivity index (χ4n) is 2.87. The molecular weight excluding hydrogens is 254 g/mol. The largest absolute Gasteiger partial charge is 0.460 e. The van der Waals surface area contributed by atoms with Gasteiger partial charge in [-0.25, -0.2) is 0 Å². The number of rotatable bonds is 4. The molecule has 0 unspecified atom stereocenters. The highest BCUT2D eigenvalue weighted by Gasteiger charge is 2.41. The molecule has 1 aromatic rings. The number of esters is 1. The first kappa shape index (κ1) is 13.6. The second-order valence-corrected chi connectivity index (χ2v) is 5.70. The summed E-state index contributed by atoms with van der Waals surface area (Å²) in [6, 6.07) is 9.78. The van der Waals surface area contributed by atoms with Crippen LogP contribution < -0.4 is 0 Å². The molecule has 0 aliphatic carbocycles. The summed E-state index contributed by atoms with van der Waals surface area (Å²) in [6.07, 6.45) is 3.26. The zero-order valence-electron chi connectivity index (χ0n) is 11.7. The molecule has 1 aromatic carbocycles. The van der Waals surface area contributed by atoms with Crippen molar-refractivity contribution in [3.05, 3.63) is 35.9 Å². The maximum atomic E-state index is 11.8. The summed E-state index contributed by atoms with van der Waals surface area (Å²) in [5.74, 6) is -0.140. The molecule has 0 saturated carbocycles. The Morgan fingerprint density at radius 3 is 2.50 bits per heavy atom. The van der Waals surface area contributed by atoms with Crippen molar-refractivity contribution >= 4 is 5.97 Å². The van der Waals surface area contributed by atoms with Crippen molar-refractivity contribution in [2.75, 3.05) is 26.2 Å². The Hall–Kier alpha value is -1.39. The first-order valence-electron chi connectivity index (χ1n) is 7.32. The molecule has 4 heteroatoms. The highest BCUT2D eigenvalue weighted by Crippen LogP contribution is 2.36. The van der Waals surface area contributed by atoms with E-state index < -0.39 is 0 Å². The predicted molar refractivity (Wildman–Crippen MR) is 75.2 cm³/mol. The minimum absolute atomic E-state index is 0.140. The molecule has 3 rings (SSSR count). The van der Waals surface area contributed by atoms with Crippen LogP contribution in [0.3, 0.4) is 0 Å². The van der Waals surface area contributed by atoms with Gasteiger partial charge in [0.05, 0.1) is 18.8 Å². The van der Waals surface area contributed by atoms with Crippen LogP contribution in [0.5, 0.6) is 0 Å². The van der Waals surface area contributed by atoms with Gasteiger partial charge in [-0.05, 0) is 24.8 Å². The van der Waals surface area contributed by atoms with E-state index in [2.05, 4.69) is 4.90 Å². The van der Waals surface area contributed by atoms with Gasteiger partial charge in [0.2, 0.25) is 0 Å². The van der Waals surface area contributed by atoms with Crippen molar-refractivity contribution in [2.45, 2.75) is 31.5 Å². The van der Waals surface area contributed by atoms with Crippen molar-refractivity contribution in [3.8, 4) is 0 Å². The molecule has 20 heavy (non-hydrogen) atoms. The van der Waals surface area contributed by atoms with E-state index in [9.17, 15) is 4.79 Å². The average Bonchev–Trinajstić information content (AvgIpc) is 2.45. The lowest BCUT2D eigenvalue weighted by Gasteiger charge is -2.47. The van der Waals surface area contributed by atoms with E-state index >= 15 is 0 Å². The van der Waals surface area contributed by atoms with Crippen molar-refractivity contribution in [1.29, 1.82) is 0 Å². The number of benzene rings is 1. The third-order valence-corrected chi connectivity index (χ3v) is 4.33. The summed E-state index contributed by atoms with van der Waals surface area (Å²) in [5, 5.41) is 0. The first-order chi connectivity index (χ1) is 9.76. The van der Waals surface area contributed by atoms with Crippen LogP contribution in [0.25, 0.3) is 0 Å². The van der Waals surface area contributed by atoms with E-state index in [0.29, 0.717) is 13.2 Å². The average molecular weight is 275 g/mol. The topological polar surface area (TPSA) is 38.8 Å². The van der Waals surface area contributed by atoms with E-state index in [-0.39, 0.29) is 11.6 Å². The van der Waals surface area contributed by atoms with Gasteiger partial charge in [-0.15, -0.1) is 0 Å². The van der Waals surface area contributed by atoms with Crippen LogP contribution >= 0.6 is 0 Å². The maximum Gasteiger partial charge on any atom is 0.320 e. The molecule has 0 radical (unpaired) electrons. The van der Waals surface area contributed by atoms with Gasteiger partial charge >= 0.3 is 5.97 Å². The number of carbonyl (C=O) groups excluding carboxylic acids is 1. The number of hydrogen-bond donors (Lipinski definition) is 0. The number of nitrogens with zero attached hydrogens (tertiary/aromatic N) is 1. The molecule has 2 heterocycles. The van der Waals surface area contributed by atoms with Gasteiger partial charge in [-0.1, -0.05) is 30.3 Å². The van der Waals surface area contributed by atoms with Crippen molar-refractivity contribution < 1.29 is 14.3 Å². The predicted octanol–water partition coefficient (Wildman–Crippen LogP) is 1.98. The number of ether oxygens (including phenoxy) is 2. The van der Waals surface area contributed by atoms with Crippen LogP contribution in [-0.4, -0.2) is 42.7 Å². The number of carbonyl (C=O) groups is 1. The van der Waals surface area contributed by atoms with Gasteiger partial charge in [0.15, 0.2) is 0 Å². The van der Waals surface area contributed by atoms with E-state index in [1.807, 2.05) is 30.3 Å². The molecule has 2 fully saturated rings. The van der Waals surface area contributed by atoms with Crippen LogP contribution in [0, 0.1) is 0 Å². The number of likely N-dealkylation sites (tertiary alicyclic amines) is 1. The van der Waals surface area contributed by atoms with Crippen LogP contribution in [-0.2, 0) is 20.9 Å². The van der Waals surface area contributed by atoms with E-state index in [0.717, 1.165) is 38.1 Å². The summed E-state index contributed by atoms with van der Waals surface area (Å²) >= 11 is 0. The molecule has 2 aliphatic rings. The smallest absolute Gasteiger partial charge is 0.320 e. The summed E-state index contributed by atoms with van der Waals surface area (Å²) in [5.41, 5.74) is 1.17. The van der Waals surface area contributed by atoms with Crippen molar-refractivity contribution in [3.63, 3.8) is 0 Å². The number of hydrogen-bond acceptors (Lipinski definition) is 4. The Balaban J connectivity index is 1.39. The quantitative estimate of drug-likeness (QED) is 0.788. The molecule has 4 nitrogen and oxygen atoms in total. The van der Waals surface area contributed by atoms with Gasteiger partial charge in [0.25, 0.3) is 0 Å². The molecule has 0 atom stereocenters. The monoisotopic (exact) mass is 275 g/mol. The van der Waals surface area contributed by atoms with Gasteiger partial charge in [-0.3, -0.25) is 9.69 Å². The molecule has 2 saturated heterocycles. The molecule has 0 N–H and O–H groups in total. The maximum absolute atomic E-state index is 11.8. The van der Waals surface area contributed by atoms with Crippen LogP contribution in [0.15, 0.2) is 30.3 Å². The Labute approximate surface area is 119 Å².